The van der Waals surface area contributed by atoms with Crippen LogP contribution in [0.15, 0.2) is 30.3 Å². The molecule has 1 fully saturated rings. The molecular formula is C24H37N3O5. The van der Waals surface area contributed by atoms with Crippen LogP contribution in [-0.4, -0.2) is 42.3 Å². The van der Waals surface area contributed by atoms with E-state index in [9.17, 15) is 14.4 Å². The van der Waals surface area contributed by atoms with E-state index in [2.05, 4.69) is 16.0 Å². The standard InChI is InChI=1S/C24H37N3O5/c1-16(2)20(27-23(30)31-15-17-10-7-6-8-11-17)21(28)26-19-13-9-12-18(19)14-25-22(29)32-24(3,4)5/h6-8,10-11,16,18-20H,9,12-15H2,1-5H3,(H,25,29)(H,26,28)(H,27,30)/t18-,19-,20-/m0/s1. The minimum atomic E-state index is -0.710. The Balaban J connectivity index is 1.85. The van der Waals surface area contributed by atoms with Gasteiger partial charge in [0.05, 0.1) is 0 Å². The second-order valence-corrected chi connectivity index (χ2v) is 9.62. The molecule has 8 heteroatoms. The number of rotatable bonds is 8. The Morgan fingerprint density at radius 3 is 2.38 bits per heavy atom. The lowest BCUT2D eigenvalue weighted by Gasteiger charge is -2.27. The highest BCUT2D eigenvalue weighted by Crippen LogP contribution is 2.25. The summed E-state index contributed by atoms with van der Waals surface area (Å²) in [7, 11) is 0. The number of benzene rings is 1. The molecule has 0 unspecified atom stereocenters. The summed E-state index contributed by atoms with van der Waals surface area (Å²) in [6, 6.07) is 8.59. The van der Waals surface area contributed by atoms with Crippen LogP contribution in [-0.2, 0) is 20.9 Å². The molecule has 0 bridgehead atoms. The number of carbonyl (C=O) groups excluding carboxylic acids is 3. The molecule has 0 aliphatic heterocycles. The van der Waals surface area contributed by atoms with Gasteiger partial charge in [0.25, 0.3) is 0 Å². The van der Waals surface area contributed by atoms with E-state index in [1.807, 2.05) is 65.0 Å². The van der Waals surface area contributed by atoms with Crippen molar-refractivity contribution in [1.29, 1.82) is 0 Å². The first-order chi connectivity index (χ1) is 15.0. The van der Waals surface area contributed by atoms with Gasteiger partial charge in [0.15, 0.2) is 0 Å². The number of alkyl carbamates (subject to hydrolysis) is 2. The van der Waals surface area contributed by atoms with Crippen LogP contribution in [0.4, 0.5) is 9.59 Å². The fourth-order valence-electron chi connectivity index (χ4n) is 3.70. The summed E-state index contributed by atoms with van der Waals surface area (Å²) in [6.07, 6.45) is 1.61. The number of ether oxygens (including phenoxy) is 2. The van der Waals surface area contributed by atoms with E-state index in [0.717, 1.165) is 24.8 Å². The van der Waals surface area contributed by atoms with Crippen LogP contribution in [0.25, 0.3) is 0 Å². The van der Waals surface area contributed by atoms with E-state index in [1.165, 1.54) is 0 Å². The molecule has 0 heterocycles. The van der Waals surface area contributed by atoms with E-state index in [-0.39, 0.29) is 30.4 Å². The van der Waals surface area contributed by atoms with Crippen molar-refractivity contribution in [2.75, 3.05) is 6.54 Å². The summed E-state index contributed by atoms with van der Waals surface area (Å²) in [5.41, 5.74) is 0.318. The van der Waals surface area contributed by atoms with E-state index in [0.29, 0.717) is 6.54 Å². The third-order valence-electron chi connectivity index (χ3n) is 5.33. The minimum Gasteiger partial charge on any atom is -0.445 e. The zero-order valence-corrected chi connectivity index (χ0v) is 19.8. The maximum atomic E-state index is 12.9. The van der Waals surface area contributed by atoms with Crippen LogP contribution < -0.4 is 16.0 Å². The van der Waals surface area contributed by atoms with Crippen molar-refractivity contribution in [3.63, 3.8) is 0 Å². The summed E-state index contributed by atoms with van der Waals surface area (Å²) in [4.78, 5) is 37.1. The van der Waals surface area contributed by atoms with Gasteiger partial charge in [-0.3, -0.25) is 4.79 Å². The molecule has 1 aliphatic carbocycles. The lowest BCUT2D eigenvalue weighted by atomic mass is 10.0. The van der Waals surface area contributed by atoms with Gasteiger partial charge in [0.1, 0.15) is 18.2 Å². The average molecular weight is 448 g/mol. The molecule has 0 saturated heterocycles. The molecule has 2 rings (SSSR count). The topological polar surface area (TPSA) is 106 Å². The molecule has 0 aromatic heterocycles. The second kappa shape index (κ2) is 11.7. The minimum absolute atomic E-state index is 0.0687. The van der Waals surface area contributed by atoms with Gasteiger partial charge in [0.2, 0.25) is 5.91 Å². The molecule has 3 amide bonds. The van der Waals surface area contributed by atoms with Gasteiger partial charge in [-0.05, 0) is 51.0 Å². The van der Waals surface area contributed by atoms with Crippen molar-refractivity contribution in [1.82, 2.24) is 16.0 Å². The molecule has 32 heavy (non-hydrogen) atoms. The lowest BCUT2D eigenvalue weighted by Crippen LogP contribution is -2.53. The van der Waals surface area contributed by atoms with E-state index < -0.39 is 23.8 Å². The van der Waals surface area contributed by atoms with Gasteiger partial charge < -0.3 is 25.4 Å². The molecular weight excluding hydrogens is 410 g/mol. The number of nitrogens with one attached hydrogen (secondary N) is 3. The zero-order chi connectivity index (χ0) is 23.7. The largest absolute Gasteiger partial charge is 0.445 e. The quantitative estimate of drug-likeness (QED) is 0.563. The lowest BCUT2D eigenvalue weighted by molar-refractivity contribution is -0.125. The number of carbonyl (C=O) groups is 3. The third-order valence-corrected chi connectivity index (χ3v) is 5.33. The van der Waals surface area contributed by atoms with Crippen LogP contribution in [0.3, 0.4) is 0 Å². The first kappa shape index (κ1) is 25.5. The maximum absolute atomic E-state index is 12.9. The molecule has 1 aromatic rings. The van der Waals surface area contributed by atoms with Crippen LogP contribution in [0, 0.1) is 11.8 Å². The Morgan fingerprint density at radius 1 is 1.06 bits per heavy atom. The Bertz CT molecular complexity index is 761. The summed E-state index contributed by atoms with van der Waals surface area (Å²) in [5, 5.41) is 8.55. The summed E-state index contributed by atoms with van der Waals surface area (Å²) in [5.74, 6) is -0.242. The number of hydrogen-bond acceptors (Lipinski definition) is 5. The molecule has 1 saturated carbocycles. The monoisotopic (exact) mass is 447 g/mol. The molecule has 178 valence electrons. The Kier molecular flexibility index (Phi) is 9.35. The molecule has 3 atom stereocenters. The predicted molar refractivity (Wildman–Crippen MR) is 122 cm³/mol. The van der Waals surface area contributed by atoms with Crippen LogP contribution in [0.2, 0.25) is 0 Å². The Hall–Kier alpha value is -2.77. The maximum Gasteiger partial charge on any atom is 0.408 e. The van der Waals surface area contributed by atoms with Crippen molar-refractivity contribution < 1.29 is 23.9 Å². The van der Waals surface area contributed by atoms with Gasteiger partial charge in [-0.15, -0.1) is 0 Å². The molecule has 0 radical (unpaired) electrons. The fourth-order valence-corrected chi connectivity index (χ4v) is 3.70. The summed E-state index contributed by atoms with van der Waals surface area (Å²) >= 11 is 0. The summed E-state index contributed by atoms with van der Waals surface area (Å²) in [6.45, 7) is 9.76. The molecule has 3 N–H and O–H groups in total. The fraction of sp³-hybridized carbons (Fsp3) is 0.625. The van der Waals surface area contributed by atoms with Crippen molar-refractivity contribution in [3.8, 4) is 0 Å². The smallest absolute Gasteiger partial charge is 0.408 e. The van der Waals surface area contributed by atoms with Gasteiger partial charge >= 0.3 is 12.2 Å². The van der Waals surface area contributed by atoms with Crippen molar-refractivity contribution in [2.24, 2.45) is 11.8 Å². The highest BCUT2D eigenvalue weighted by Gasteiger charge is 2.33. The van der Waals surface area contributed by atoms with Gasteiger partial charge in [-0.2, -0.15) is 0 Å². The van der Waals surface area contributed by atoms with Crippen molar-refractivity contribution in [2.45, 2.75) is 78.2 Å². The highest BCUT2D eigenvalue weighted by atomic mass is 16.6. The normalized spacial score (nSPS) is 19.2. The highest BCUT2D eigenvalue weighted by molar-refractivity contribution is 5.86. The first-order valence-electron chi connectivity index (χ1n) is 11.3. The molecule has 1 aromatic carbocycles. The Morgan fingerprint density at radius 2 is 1.75 bits per heavy atom. The predicted octanol–water partition coefficient (Wildman–Crippen LogP) is 3.75. The SMILES string of the molecule is CC(C)[C@H](NC(=O)OCc1ccccc1)C(=O)N[C@H]1CCC[C@H]1CNC(=O)OC(C)(C)C. The Labute approximate surface area is 190 Å². The first-order valence-corrected chi connectivity index (χ1v) is 11.3. The van der Waals surface area contributed by atoms with E-state index in [1.54, 1.807) is 0 Å². The molecule has 0 spiro atoms. The molecule has 1 aliphatic rings. The summed E-state index contributed by atoms with van der Waals surface area (Å²) < 4.78 is 10.5. The van der Waals surface area contributed by atoms with Crippen LogP contribution in [0.5, 0.6) is 0 Å². The van der Waals surface area contributed by atoms with Gasteiger partial charge in [-0.1, -0.05) is 50.6 Å². The number of amides is 3. The molecule has 8 nitrogen and oxygen atoms in total. The van der Waals surface area contributed by atoms with Crippen LogP contribution in [0.1, 0.15) is 59.4 Å². The number of hydrogen-bond donors (Lipinski definition) is 3. The van der Waals surface area contributed by atoms with E-state index >= 15 is 0 Å². The average Bonchev–Trinajstić information content (AvgIpc) is 3.15. The zero-order valence-electron chi connectivity index (χ0n) is 19.8. The third kappa shape index (κ3) is 8.77. The van der Waals surface area contributed by atoms with E-state index in [4.69, 9.17) is 9.47 Å². The van der Waals surface area contributed by atoms with Gasteiger partial charge in [0, 0.05) is 12.6 Å². The van der Waals surface area contributed by atoms with Gasteiger partial charge in [-0.25, -0.2) is 9.59 Å². The van der Waals surface area contributed by atoms with Crippen molar-refractivity contribution >= 4 is 18.1 Å². The van der Waals surface area contributed by atoms with Crippen LogP contribution >= 0.6 is 0 Å². The second-order valence-electron chi connectivity index (χ2n) is 9.62. The van der Waals surface area contributed by atoms with Crippen molar-refractivity contribution in [3.05, 3.63) is 35.9 Å².